The summed E-state index contributed by atoms with van der Waals surface area (Å²) in [7, 11) is 0. The van der Waals surface area contributed by atoms with Gasteiger partial charge in [0, 0.05) is 25.2 Å². The van der Waals surface area contributed by atoms with Crippen molar-refractivity contribution in [3.63, 3.8) is 0 Å². The van der Waals surface area contributed by atoms with E-state index in [1.54, 1.807) is 23.5 Å². The molecule has 3 nitrogen and oxygen atoms in total. The molecule has 0 amide bonds. The zero-order valence-corrected chi connectivity index (χ0v) is 14.8. The van der Waals surface area contributed by atoms with Crippen LogP contribution in [0.15, 0.2) is 18.2 Å². The molecule has 4 rings (SSSR count). The highest BCUT2D eigenvalue weighted by Gasteiger charge is 2.39. The van der Waals surface area contributed by atoms with E-state index in [1.165, 1.54) is 38.2 Å². The predicted molar refractivity (Wildman–Crippen MR) is 95.9 cm³/mol. The van der Waals surface area contributed by atoms with Crippen LogP contribution in [0.1, 0.15) is 37.1 Å². The molecule has 1 aliphatic heterocycles. The summed E-state index contributed by atoms with van der Waals surface area (Å²) in [6, 6.07) is 4.89. The van der Waals surface area contributed by atoms with Gasteiger partial charge in [0.25, 0.3) is 0 Å². The maximum absolute atomic E-state index is 13.4. The van der Waals surface area contributed by atoms with Gasteiger partial charge in [-0.1, -0.05) is 19.3 Å². The highest BCUT2D eigenvalue weighted by atomic mass is 35.5. The van der Waals surface area contributed by atoms with Crippen molar-refractivity contribution in [2.24, 2.45) is 0 Å². The Kier molecular flexibility index (Phi) is 5.21. The molecule has 1 N–H and O–H groups in total. The average molecular weight is 356 g/mol. The summed E-state index contributed by atoms with van der Waals surface area (Å²) in [5.41, 5.74) is 1.24. The molecule has 0 unspecified atom stereocenters. The molecule has 2 fully saturated rings. The minimum absolute atomic E-state index is 0. The number of rotatable bonds is 2. The SMILES string of the molecule is Cl.Fc1ccc2nc(CN3CCNCC34CCCCC4)sc2c1. The smallest absolute Gasteiger partial charge is 0.124 e. The second-order valence-corrected chi connectivity index (χ2v) is 7.72. The fraction of sp³-hybridized carbons (Fsp3) is 0.588. The Balaban J connectivity index is 0.00000156. The van der Waals surface area contributed by atoms with Crippen LogP contribution in [-0.2, 0) is 6.54 Å². The van der Waals surface area contributed by atoms with Crippen molar-refractivity contribution in [3.05, 3.63) is 29.0 Å². The normalized spacial score (nSPS) is 21.4. The summed E-state index contributed by atoms with van der Waals surface area (Å²) in [6.07, 6.45) is 6.63. The molecule has 0 radical (unpaired) electrons. The molecule has 0 atom stereocenters. The molecule has 2 heterocycles. The van der Waals surface area contributed by atoms with Gasteiger partial charge in [0.1, 0.15) is 10.8 Å². The molecule has 1 saturated carbocycles. The number of halogens is 2. The van der Waals surface area contributed by atoms with Crippen molar-refractivity contribution in [2.75, 3.05) is 19.6 Å². The Morgan fingerprint density at radius 3 is 2.91 bits per heavy atom. The summed E-state index contributed by atoms with van der Waals surface area (Å²) in [5.74, 6) is -0.173. The second kappa shape index (κ2) is 7.01. The summed E-state index contributed by atoms with van der Waals surface area (Å²) < 4.78 is 14.3. The molecule has 1 aromatic carbocycles. The molecule has 1 saturated heterocycles. The van der Waals surface area contributed by atoms with Crippen molar-refractivity contribution in [2.45, 2.75) is 44.2 Å². The first-order valence-corrected chi connectivity index (χ1v) is 9.08. The monoisotopic (exact) mass is 355 g/mol. The van der Waals surface area contributed by atoms with Crippen LogP contribution >= 0.6 is 23.7 Å². The van der Waals surface area contributed by atoms with Crippen LogP contribution in [-0.4, -0.2) is 35.1 Å². The maximum Gasteiger partial charge on any atom is 0.124 e. The van der Waals surface area contributed by atoms with Gasteiger partial charge >= 0.3 is 0 Å². The number of aromatic nitrogens is 1. The van der Waals surface area contributed by atoms with Gasteiger partial charge in [0.2, 0.25) is 0 Å². The van der Waals surface area contributed by atoms with Gasteiger partial charge in [-0.25, -0.2) is 9.37 Å². The second-order valence-electron chi connectivity index (χ2n) is 6.60. The van der Waals surface area contributed by atoms with E-state index in [9.17, 15) is 4.39 Å². The zero-order valence-electron chi connectivity index (χ0n) is 13.2. The number of hydrogen-bond acceptors (Lipinski definition) is 4. The standard InChI is InChI=1S/C17H22FN3S.ClH/c18-13-4-5-14-15(10-13)22-16(20-14)11-21-9-8-19-12-17(21)6-2-1-3-7-17;/h4-5,10,19H,1-3,6-9,11-12H2;1H. The quantitative estimate of drug-likeness (QED) is 0.883. The predicted octanol–water partition coefficient (Wildman–Crippen LogP) is 3.97. The number of nitrogens with one attached hydrogen (secondary N) is 1. The van der Waals surface area contributed by atoms with E-state index < -0.39 is 0 Å². The molecule has 1 aromatic heterocycles. The molecule has 6 heteroatoms. The van der Waals surface area contributed by atoms with Crippen LogP contribution in [0.5, 0.6) is 0 Å². The Morgan fingerprint density at radius 2 is 2.09 bits per heavy atom. The van der Waals surface area contributed by atoms with Crippen LogP contribution in [0.4, 0.5) is 4.39 Å². The van der Waals surface area contributed by atoms with E-state index in [0.29, 0.717) is 5.54 Å². The van der Waals surface area contributed by atoms with E-state index in [-0.39, 0.29) is 18.2 Å². The molecular weight excluding hydrogens is 333 g/mol. The van der Waals surface area contributed by atoms with Crippen LogP contribution in [0.3, 0.4) is 0 Å². The van der Waals surface area contributed by atoms with Gasteiger partial charge in [-0.2, -0.15) is 0 Å². The molecule has 2 aliphatic rings. The highest BCUT2D eigenvalue weighted by molar-refractivity contribution is 7.18. The lowest BCUT2D eigenvalue weighted by Crippen LogP contribution is -2.61. The third-order valence-corrected chi connectivity index (χ3v) is 6.19. The minimum Gasteiger partial charge on any atom is -0.314 e. The molecule has 126 valence electrons. The summed E-state index contributed by atoms with van der Waals surface area (Å²) >= 11 is 1.64. The van der Waals surface area contributed by atoms with Crippen molar-refractivity contribution in [1.29, 1.82) is 0 Å². The fourth-order valence-corrected chi connectivity index (χ4v) is 5.02. The molecule has 1 spiro atoms. The Bertz CT molecular complexity index is 661. The lowest BCUT2D eigenvalue weighted by atomic mass is 9.79. The van der Waals surface area contributed by atoms with Gasteiger partial charge in [0.05, 0.1) is 16.8 Å². The average Bonchev–Trinajstić information content (AvgIpc) is 2.92. The molecule has 1 aliphatic carbocycles. The molecule has 2 aromatic rings. The van der Waals surface area contributed by atoms with Crippen molar-refractivity contribution in [3.8, 4) is 0 Å². The summed E-state index contributed by atoms with van der Waals surface area (Å²) in [4.78, 5) is 7.35. The Hall–Kier alpha value is -0.750. The van der Waals surface area contributed by atoms with Gasteiger partial charge < -0.3 is 5.32 Å². The minimum atomic E-state index is -0.173. The van der Waals surface area contributed by atoms with E-state index >= 15 is 0 Å². The van der Waals surface area contributed by atoms with Crippen molar-refractivity contribution >= 4 is 34.0 Å². The Labute approximate surface area is 146 Å². The lowest BCUT2D eigenvalue weighted by molar-refractivity contribution is 0.0209. The summed E-state index contributed by atoms with van der Waals surface area (Å²) in [6.45, 7) is 4.15. The van der Waals surface area contributed by atoms with Gasteiger partial charge in [-0.05, 0) is 31.0 Å². The van der Waals surface area contributed by atoms with Crippen LogP contribution in [0.25, 0.3) is 10.2 Å². The largest absolute Gasteiger partial charge is 0.314 e. The van der Waals surface area contributed by atoms with Crippen LogP contribution < -0.4 is 5.32 Å². The zero-order chi connectivity index (χ0) is 15.0. The van der Waals surface area contributed by atoms with E-state index in [1.807, 2.05) is 0 Å². The number of hydrogen-bond donors (Lipinski definition) is 1. The van der Waals surface area contributed by atoms with E-state index in [2.05, 4.69) is 10.2 Å². The number of piperazine rings is 1. The third-order valence-electron chi connectivity index (χ3n) is 5.19. The first-order valence-electron chi connectivity index (χ1n) is 8.26. The summed E-state index contributed by atoms with van der Waals surface area (Å²) in [5, 5.41) is 4.70. The number of fused-ring (bicyclic) bond motifs is 1. The van der Waals surface area contributed by atoms with Gasteiger partial charge in [-0.15, -0.1) is 23.7 Å². The number of benzene rings is 1. The molecule has 23 heavy (non-hydrogen) atoms. The fourth-order valence-electron chi connectivity index (χ4n) is 4.01. The van der Waals surface area contributed by atoms with Crippen molar-refractivity contribution in [1.82, 2.24) is 15.2 Å². The first-order chi connectivity index (χ1) is 10.8. The first kappa shape index (κ1) is 17.1. The number of thiazole rings is 1. The molecule has 0 bridgehead atoms. The Morgan fingerprint density at radius 1 is 1.26 bits per heavy atom. The number of nitrogens with zero attached hydrogens (tertiary/aromatic N) is 2. The van der Waals surface area contributed by atoms with Crippen LogP contribution in [0.2, 0.25) is 0 Å². The third kappa shape index (κ3) is 3.38. The molecular formula is C17H23ClFN3S. The van der Waals surface area contributed by atoms with Crippen LogP contribution in [0, 0.1) is 5.82 Å². The van der Waals surface area contributed by atoms with Gasteiger partial charge in [-0.3, -0.25) is 4.90 Å². The topological polar surface area (TPSA) is 28.2 Å². The van der Waals surface area contributed by atoms with E-state index in [0.717, 1.165) is 41.4 Å². The van der Waals surface area contributed by atoms with Gasteiger partial charge in [0.15, 0.2) is 0 Å². The maximum atomic E-state index is 13.4. The van der Waals surface area contributed by atoms with E-state index in [4.69, 9.17) is 4.98 Å². The highest BCUT2D eigenvalue weighted by Crippen LogP contribution is 2.36. The van der Waals surface area contributed by atoms with Crippen molar-refractivity contribution < 1.29 is 4.39 Å². The lowest BCUT2D eigenvalue weighted by Gasteiger charge is -2.49.